The molecule has 0 bridgehead atoms. The fourth-order valence-electron chi connectivity index (χ4n) is 7.85. The van der Waals surface area contributed by atoms with Gasteiger partial charge in [0.05, 0.1) is 11.4 Å². The molecule has 4 aliphatic carbocycles. The Kier molecular flexibility index (Phi) is 5.89. The summed E-state index contributed by atoms with van der Waals surface area (Å²) in [7, 11) is -3.86. The summed E-state index contributed by atoms with van der Waals surface area (Å²) in [4.78, 5) is 12.8. The van der Waals surface area contributed by atoms with Gasteiger partial charge in [0.25, 0.3) is 0 Å². The quantitative estimate of drug-likeness (QED) is 0.487. The average Bonchev–Trinajstić information content (AvgIpc) is 3.02. The lowest BCUT2D eigenvalue weighted by Gasteiger charge is -2.56. The summed E-state index contributed by atoms with van der Waals surface area (Å²) in [6, 6.07) is 0. The van der Waals surface area contributed by atoms with Crippen LogP contribution in [-0.4, -0.2) is 41.9 Å². The monoisotopic (exact) mass is 448 g/mol. The highest BCUT2D eigenvalue weighted by molar-refractivity contribution is 8.70. The Labute approximate surface area is 176 Å². The molecule has 4 fully saturated rings. The molecule has 4 rings (SSSR count). The maximum absolute atomic E-state index is 13.3. The van der Waals surface area contributed by atoms with Crippen LogP contribution < -0.4 is 0 Å². The van der Waals surface area contributed by atoms with Crippen molar-refractivity contribution < 1.29 is 27.3 Å². The van der Waals surface area contributed by atoms with Crippen LogP contribution in [0.1, 0.15) is 64.7 Å². The first kappa shape index (κ1) is 22.0. The second-order valence-electron chi connectivity index (χ2n) is 10.4. The van der Waals surface area contributed by atoms with Gasteiger partial charge in [0.2, 0.25) is 0 Å². The van der Waals surface area contributed by atoms with Crippen LogP contribution in [-0.2, 0) is 13.9 Å². The summed E-state index contributed by atoms with van der Waals surface area (Å²) in [6.45, 7) is 1.58. The van der Waals surface area contributed by atoms with E-state index in [1.54, 1.807) is 0 Å². The normalized spacial score (nSPS) is 47.2. The van der Waals surface area contributed by atoms with E-state index in [1.807, 2.05) is 0 Å². The van der Waals surface area contributed by atoms with E-state index in [-0.39, 0.29) is 22.9 Å². The number of fused-ring (bicyclic) bond motifs is 5. The molecule has 0 aromatic carbocycles. The van der Waals surface area contributed by atoms with Crippen molar-refractivity contribution in [2.45, 2.75) is 70.3 Å². The number of Topliss-reactive ketones (excluding diaryl/α,β-unsaturated/α-hetero) is 1. The number of carbonyl (C=O) groups excluding carboxylic acids is 1. The van der Waals surface area contributed by atoms with E-state index in [4.69, 9.17) is 4.55 Å². The van der Waals surface area contributed by atoms with Crippen molar-refractivity contribution in [1.29, 1.82) is 0 Å². The highest BCUT2D eigenvalue weighted by atomic mass is 33.1. The summed E-state index contributed by atoms with van der Waals surface area (Å²) in [5.74, 6) is 2.31. The molecule has 0 spiro atoms. The molecule has 8 atom stereocenters. The van der Waals surface area contributed by atoms with Gasteiger partial charge in [-0.05, 0) is 92.8 Å². The third kappa shape index (κ3) is 4.03. The minimum atomic E-state index is -4.19. The lowest BCUT2D eigenvalue weighted by Crippen LogP contribution is -2.52. The molecule has 3 unspecified atom stereocenters. The molecule has 0 aromatic heterocycles. The molecule has 2 N–H and O–H groups in total. The molecule has 5 nitrogen and oxygen atoms in total. The Balaban J connectivity index is 1.46. The summed E-state index contributed by atoms with van der Waals surface area (Å²) >= 11 is 0. The third-order valence-corrected chi connectivity index (χ3v) is 11.0. The number of ketones is 1. The molecule has 0 aromatic rings. The fourth-order valence-corrected chi connectivity index (χ4v) is 9.11. The zero-order valence-corrected chi connectivity index (χ0v) is 18.7. The average molecular weight is 449 g/mol. The Bertz CT molecular complexity index is 758. The molecule has 0 amide bonds. The standard InChI is InChI=1S/C21H33FO5S2/c1-20-8-6-15-14-7-9-21(24,12-22)10-13(14)2-3-16(15)17(20)4-5-18(20)19(23)11-28-29(25,26)27/h13-18,24H,2-12H2,1H3,(H,25,26,27)/t13-,14+,15?,16?,17?,18-,20+,21-/m1/s1. The van der Waals surface area contributed by atoms with E-state index in [9.17, 15) is 22.7 Å². The van der Waals surface area contributed by atoms with Crippen molar-refractivity contribution >= 4 is 25.7 Å². The van der Waals surface area contributed by atoms with Crippen molar-refractivity contribution in [3.05, 3.63) is 0 Å². The van der Waals surface area contributed by atoms with Crippen LogP contribution in [0, 0.1) is 40.9 Å². The predicted molar refractivity (Wildman–Crippen MR) is 111 cm³/mol. The first-order chi connectivity index (χ1) is 13.6. The van der Waals surface area contributed by atoms with Gasteiger partial charge >= 0.3 is 9.15 Å². The zero-order chi connectivity index (χ0) is 21.0. The van der Waals surface area contributed by atoms with Crippen LogP contribution >= 0.6 is 10.8 Å². The lowest BCUT2D eigenvalue weighted by atomic mass is 9.49. The van der Waals surface area contributed by atoms with E-state index in [2.05, 4.69) is 6.92 Å². The van der Waals surface area contributed by atoms with Gasteiger partial charge in [-0.3, -0.25) is 9.35 Å². The number of rotatable bonds is 5. The van der Waals surface area contributed by atoms with Crippen molar-refractivity contribution in [2.24, 2.45) is 40.9 Å². The minimum Gasteiger partial charge on any atom is -0.387 e. The largest absolute Gasteiger partial charge is 0.387 e. The summed E-state index contributed by atoms with van der Waals surface area (Å²) in [6.07, 6.45) is 8.05. The van der Waals surface area contributed by atoms with E-state index in [0.29, 0.717) is 53.2 Å². The highest BCUT2D eigenvalue weighted by Gasteiger charge is 2.59. The van der Waals surface area contributed by atoms with E-state index in [1.165, 1.54) is 0 Å². The molecule has 4 saturated carbocycles. The second kappa shape index (κ2) is 7.75. The van der Waals surface area contributed by atoms with Gasteiger partial charge in [-0.25, -0.2) is 4.39 Å². The second-order valence-corrected chi connectivity index (χ2v) is 13.7. The fraction of sp³-hybridized carbons (Fsp3) is 0.952. The van der Waals surface area contributed by atoms with E-state index < -0.39 is 21.4 Å². The van der Waals surface area contributed by atoms with Crippen LogP contribution in [0.15, 0.2) is 0 Å². The van der Waals surface area contributed by atoms with Crippen LogP contribution in [0.5, 0.6) is 0 Å². The molecule has 0 saturated heterocycles. The first-order valence-corrected chi connectivity index (χ1v) is 13.9. The first-order valence-electron chi connectivity index (χ1n) is 11.0. The number of alkyl halides is 1. The maximum atomic E-state index is 13.3. The third-order valence-electron chi connectivity index (χ3n) is 9.09. The maximum Gasteiger partial charge on any atom is 0.320 e. The van der Waals surface area contributed by atoms with Gasteiger partial charge in [-0.1, -0.05) is 6.92 Å². The lowest BCUT2D eigenvalue weighted by molar-refractivity contribution is -0.131. The smallest absolute Gasteiger partial charge is 0.320 e. The van der Waals surface area contributed by atoms with Crippen LogP contribution in [0.3, 0.4) is 0 Å². The number of halogens is 1. The van der Waals surface area contributed by atoms with Gasteiger partial charge in [0.15, 0.2) is 0 Å². The van der Waals surface area contributed by atoms with Crippen molar-refractivity contribution in [1.82, 2.24) is 0 Å². The van der Waals surface area contributed by atoms with Crippen LogP contribution in [0.4, 0.5) is 4.39 Å². The molecule has 166 valence electrons. The Morgan fingerprint density at radius 2 is 1.79 bits per heavy atom. The van der Waals surface area contributed by atoms with Gasteiger partial charge in [0.1, 0.15) is 12.5 Å². The number of aliphatic hydroxyl groups is 1. The molecular weight excluding hydrogens is 415 g/mol. The molecule has 8 heteroatoms. The molecular formula is C21H33FO5S2. The number of carbonyl (C=O) groups is 1. The van der Waals surface area contributed by atoms with E-state index in [0.717, 1.165) is 44.9 Å². The summed E-state index contributed by atoms with van der Waals surface area (Å²) in [5.41, 5.74) is -1.20. The Hall–Kier alpha value is -0.180. The minimum absolute atomic E-state index is 0.0459. The molecule has 4 aliphatic rings. The van der Waals surface area contributed by atoms with E-state index >= 15 is 0 Å². The van der Waals surface area contributed by atoms with Crippen molar-refractivity contribution in [3.63, 3.8) is 0 Å². The van der Waals surface area contributed by atoms with Crippen molar-refractivity contribution in [2.75, 3.05) is 12.4 Å². The van der Waals surface area contributed by atoms with Gasteiger partial charge in [-0.15, -0.1) is 0 Å². The number of hydrogen-bond donors (Lipinski definition) is 2. The van der Waals surface area contributed by atoms with Gasteiger partial charge < -0.3 is 5.11 Å². The molecule has 0 aliphatic heterocycles. The van der Waals surface area contributed by atoms with Crippen molar-refractivity contribution in [3.8, 4) is 0 Å². The van der Waals surface area contributed by atoms with Crippen LogP contribution in [0.2, 0.25) is 0 Å². The molecule has 29 heavy (non-hydrogen) atoms. The molecule has 0 heterocycles. The number of hydrogen-bond acceptors (Lipinski definition) is 5. The predicted octanol–water partition coefficient (Wildman–Crippen LogP) is 4.06. The topological polar surface area (TPSA) is 91.7 Å². The van der Waals surface area contributed by atoms with Crippen LogP contribution in [0.25, 0.3) is 0 Å². The van der Waals surface area contributed by atoms with Gasteiger partial charge in [0, 0.05) is 16.7 Å². The zero-order valence-electron chi connectivity index (χ0n) is 17.1. The summed E-state index contributed by atoms with van der Waals surface area (Å²) in [5, 5.41) is 10.4. The van der Waals surface area contributed by atoms with Gasteiger partial charge in [-0.2, -0.15) is 8.42 Å². The Morgan fingerprint density at radius 3 is 2.48 bits per heavy atom. The summed E-state index contributed by atoms with van der Waals surface area (Å²) < 4.78 is 44.3. The highest BCUT2D eigenvalue weighted by Crippen LogP contribution is 2.64. The SMILES string of the molecule is C[C@]12CCC3C(CC[C@@H]4C[C@@](O)(CF)CC[C@H]34)C1CC[C@@H]2C(=O)CSS(=O)(=O)O. The molecule has 0 radical (unpaired) electrons. The Morgan fingerprint density at radius 1 is 1.07 bits per heavy atom.